The van der Waals surface area contributed by atoms with E-state index in [1.54, 1.807) is 12.1 Å². The Hall–Kier alpha value is -2.61. The first-order valence-corrected chi connectivity index (χ1v) is 6.60. The molecule has 0 unspecified atom stereocenters. The van der Waals surface area contributed by atoms with E-state index in [0.29, 0.717) is 0 Å². The van der Waals surface area contributed by atoms with Crippen LogP contribution in [0, 0.1) is 0 Å². The fourth-order valence-corrected chi connectivity index (χ4v) is 2.35. The highest BCUT2D eigenvalue weighted by Gasteiger charge is 2.07. The summed E-state index contributed by atoms with van der Waals surface area (Å²) in [6.45, 7) is 1.98. The van der Waals surface area contributed by atoms with Crippen molar-refractivity contribution in [1.29, 1.82) is 0 Å². The number of fused-ring (bicyclic) bond motifs is 1. The average Bonchev–Trinajstić information content (AvgIpc) is 2.48. The van der Waals surface area contributed by atoms with Crippen LogP contribution in [0.1, 0.15) is 18.2 Å². The molecule has 0 fully saturated rings. The van der Waals surface area contributed by atoms with Crippen molar-refractivity contribution in [3.63, 3.8) is 0 Å². The molecule has 1 heterocycles. The first-order valence-electron chi connectivity index (χ1n) is 6.60. The number of benzene rings is 2. The Morgan fingerprint density at radius 2 is 1.85 bits per heavy atom. The summed E-state index contributed by atoms with van der Waals surface area (Å²) in [5.41, 5.74) is 3.88. The highest BCUT2D eigenvalue weighted by Crippen LogP contribution is 2.26. The summed E-state index contributed by atoms with van der Waals surface area (Å²) in [4.78, 5) is 4.70. The number of para-hydroxylation sites is 1. The molecule has 98 valence electrons. The van der Waals surface area contributed by atoms with Crippen molar-refractivity contribution in [2.75, 3.05) is 0 Å². The number of pyridine rings is 1. The van der Waals surface area contributed by atoms with Crippen LogP contribution in [0.5, 0.6) is 5.75 Å². The van der Waals surface area contributed by atoms with Crippen molar-refractivity contribution in [2.45, 2.75) is 6.92 Å². The number of aromatic nitrogens is 1. The van der Waals surface area contributed by atoms with Gasteiger partial charge in [-0.05, 0) is 36.8 Å². The van der Waals surface area contributed by atoms with Crippen molar-refractivity contribution in [3.05, 3.63) is 78.0 Å². The van der Waals surface area contributed by atoms with Gasteiger partial charge in [-0.15, -0.1) is 0 Å². The Labute approximate surface area is 118 Å². The molecule has 1 N–H and O–H groups in total. The molecule has 0 atom stereocenters. The number of aromatic hydroxyl groups is 1. The largest absolute Gasteiger partial charge is 0.508 e. The average molecular weight is 261 g/mol. The number of phenolic OH excluding ortho intramolecular Hbond substituents is 1. The quantitative estimate of drug-likeness (QED) is 0.742. The molecule has 1 aromatic heterocycles. The molecule has 0 saturated carbocycles. The lowest BCUT2D eigenvalue weighted by Crippen LogP contribution is -1.92. The molecule has 0 aliphatic heterocycles. The molecular formula is C18H15NO. The van der Waals surface area contributed by atoms with Crippen LogP contribution < -0.4 is 0 Å². The van der Waals surface area contributed by atoms with Gasteiger partial charge in [-0.2, -0.15) is 0 Å². The number of phenols is 1. The summed E-state index contributed by atoms with van der Waals surface area (Å²) in [5.74, 6) is 0.266. The molecule has 3 aromatic rings. The van der Waals surface area contributed by atoms with Gasteiger partial charge in [0.25, 0.3) is 0 Å². The minimum atomic E-state index is 0.266. The van der Waals surface area contributed by atoms with Gasteiger partial charge in [0.15, 0.2) is 0 Å². The van der Waals surface area contributed by atoms with Gasteiger partial charge in [0.05, 0.1) is 11.2 Å². The van der Waals surface area contributed by atoms with E-state index >= 15 is 0 Å². The van der Waals surface area contributed by atoms with Gasteiger partial charge in [0, 0.05) is 11.0 Å². The molecule has 0 radical (unpaired) electrons. The second-order valence-electron chi connectivity index (χ2n) is 4.64. The molecule has 2 heteroatoms. The maximum absolute atomic E-state index is 9.63. The van der Waals surface area contributed by atoms with Crippen LogP contribution in [0.15, 0.2) is 66.7 Å². The summed E-state index contributed by atoms with van der Waals surface area (Å²) >= 11 is 0. The lowest BCUT2D eigenvalue weighted by atomic mass is 10.0. The summed E-state index contributed by atoms with van der Waals surface area (Å²) in [5, 5.41) is 10.8. The van der Waals surface area contributed by atoms with E-state index in [1.807, 2.05) is 49.4 Å². The van der Waals surface area contributed by atoms with Crippen molar-refractivity contribution in [2.24, 2.45) is 0 Å². The van der Waals surface area contributed by atoms with E-state index in [0.717, 1.165) is 27.7 Å². The molecule has 2 aromatic carbocycles. The number of nitrogens with zero attached hydrogens (tertiary/aromatic N) is 1. The summed E-state index contributed by atoms with van der Waals surface area (Å²) < 4.78 is 0. The fourth-order valence-electron chi connectivity index (χ4n) is 2.35. The molecular weight excluding hydrogens is 246 g/mol. The normalized spacial score (nSPS) is 11.8. The van der Waals surface area contributed by atoms with Crippen LogP contribution in [-0.2, 0) is 0 Å². The van der Waals surface area contributed by atoms with Crippen molar-refractivity contribution >= 4 is 16.5 Å². The van der Waals surface area contributed by atoms with E-state index < -0.39 is 0 Å². The third-order valence-electron chi connectivity index (χ3n) is 3.32. The summed E-state index contributed by atoms with van der Waals surface area (Å²) in [6.07, 6.45) is 2.02. The maximum Gasteiger partial charge on any atom is 0.116 e. The molecule has 0 amide bonds. The Morgan fingerprint density at radius 1 is 1.00 bits per heavy atom. The minimum absolute atomic E-state index is 0.266. The molecule has 20 heavy (non-hydrogen) atoms. The number of allylic oxidation sites excluding steroid dienone is 1. The van der Waals surface area contributed by atoms with Gasteiger partial charge >= 0.3 is 0 Å². The zero-order valence-electron chi connectivity index (χ0n) is 11.2. The van der Waals surface area contributed by atoms with E-state index in [-0.39, 0.29) is 5.75 Å². The second-order valence-corrected chi connectivity index (χ2v) is 4.64. The Bertz CT molecular complexity index is 790. The van der Waals surface area contributed by atoms with Gasteiger partial charge < -0.3 is 5.11 Å². The van der Waals surface area contributed by atoms with Gasteiger partial charge in [-0.3, -0.25) is 0 Å². The van der Waals surface area contributed by atoms with Crippen molar-refractivity contribution < 1.29 is 5.11 Å². The van der Waals surface area contributed by atoms with E-state index in [2.05, 4.69) is 12.1 Å². The predicted octanol–water partition coefficient (Wildman–Crippen LogP) is 4.39. The number of hydrogen-bond acceptors (Lipinski definition) is 2. The smallest absolute Gasteiger partial charge is 0.116 e. The molecule has 0 saturated heterocycles. The molecule has 0 spiro atoms. The summed E-state index contributed by atoms with van der Waals surface area (Å²) in [6, 6.07) is 19.4. The lowest BCUT2D eigenvalue weighted by molar-refractivity contribution is 0.475. The van der Waals surface area contributed by atoms with Crippen LogP contribution in [0.2, 0.25) is 0 Å². The standard InChI is InChI=1S/C18H15NO/c1-2-16(14-7-5-8-15(20)12-14)18-11-10-13-6-3-4-9-17(13)19-18/h2-12,20H,1H3/b16-2+. The SMILES string of the molecule is C/C=C(\c1cccc(O)c1)c1ccc2ccccc2n1. The zero-order chi connectivity index (χ0) is 13.9. The first kappa shape index (κ1) is 12.4. The molecule has 3 rings (SSSR count). The third kappa shape index (κ3) is 2.28. The third-order valence-corrected chi connectivity index (χ3v) is 3.32. The highest BCUT2D eigenvalue weighted by atomic mass is 16.3. The topological polar surface area (TPSA) is 33.1 Å². The van der Waals surface area contributed by atoms with E-state index in [1.165, 1.54) is 0 Å². The molecule has 0 aliphatic rings. The van der Waals surface area contributed by atoms with Crippen LogP contribution in [0.3, 0.4) is 0 Å². The first-order chi connectivity index (χ1) is 9.78. The maximum atomic E-state index is 9.63. The van der Waals surface area contributed by atoms with Gasteiger partial charge in [0.2, 0.25) is 0 Å². The van der Waals surface area contributed by atoms with E-state index in [4.69, 9.17) is 4.98 Å². The van der Waals surface area contributed by atoms with Crippen LogP contribution in [-0.4, -0.2) is 10.1 Å². The molecule has 0 aliphatic carbocycles. The van der Waals surface area contributed by atoms with Crippen molar-refractivity contribution in [1.82, 2.24) is 4.98 Å². The number of hydrogen-bond donors (Lipinski definition) is 1. The fraction of sp³-hybridized carbons (Fsp3) is 0.0556. The van der Waals surface area contributed by atoms with Gasteiger partial charge in [-0.25, -0.2) is 4.98 Å². The zero-order valence-corrected chi connectivity index (χ0v) is 11.2. The molecule has 2 nitrogen and oxygen atoms in total. The Morgan fingerprint density at radius 3 is 2.65 bits per heavy atom. The Kier molecular flexibility index (Phi) is 3.21. The lowest BCUT2D eigenvalue weighted by Gasteiger charge is -2.08. The van der Waals surface area contributed by atoms with Gasteiger partial charge in [0.1, 0.15) is 5.75 Å². The van der Waals surface area contributed by atoms with Crippen LogP contribution in [0.25, 0.3) is 16.5 Å². The van der Waals surface area contributed by atoms with Crippen LogP contribution in [0.4, 0.5) is 0 Å². The van der Waals surface area contributed by atoms with E-state index in [9.17, 15) is 5.11 Å². The highest BCUT2D eigenvalue weighted by molar-refractivity contribution is 5.84. The Balaban J connectivity index is 2.12. The van der Waals surface area contributed by atoms with Crippen LogP contribution >= 0.6 is 0 Å². The monoisotopic (exact) mass is 261 g/mol. The minimum Gasteiger partial charge on any atom is -0.508 e. The van der Waals surface area contributed by atoms with Crippen molar-refractivity contribution in [3.8, 4) is 5.75 Å². The molecule has 0 bridgehead atoms. The summed E-state index contributed by atoms with van der Waals surface area (Å²) in [7, 11) is 0. The van der Waals surface area contributed by atoms with Gasteiger partial charge in [-0.1, -0.05) is 42.5 Å². The second kappa shape index (κ2) is 5.17. The number of rotatable bonds is 2. The predicted molar refractivity (Wildman–Crippen MR) is 82.6 cm³/mol.